The molecule has 0 bridgehead atoms. The molecule has 1 aromatic carbocycles. The van der Waals surface area contributed by atoms with Gasteiger partial charge in [0.05, 0.1) is 0 Å². The van der Waals surface area contributed by atoms with Gasteiger partial charge in [0.25, 0.3) is 0 Å². The molecule has 1 aromatic rings. The van der Waals surface area contributed by atoms with Crippen molar-refractivity contribution in [2.24, 2.45) is 9.98 Å². The molecule has 0 radical (unpaired) electrons. The average molecular weight is 303 g/mol. The van der Waals surface area contributed by atoms with Crippen LogP contribution in [0, 0.1) is 0 Å². The summed E-state index contributed by atoms with van der Waals surface area (Å²) >= 11 is 0. The Morgan fingerprint density at radius 3 is 3.00 bits per heavy atom. The monoisotopic (exact) mass is 303 g/mol. The van der Waals surface area contributed by atoms with E-state index in [-0.39, 0.29) is 6.17 Å². The van der Waals surface area contributed by atoms with E-state index in [4.69, 9.17) is 9.47 Å². The normalized spacial score (nSPS) is 19.1. The Morgan fingerprint density at radius 1 is 1.32 bits per heavy atom. The van der Waals surface area contributed by atoms with E-state index < -0.39 is 0 Å². The van der Waals surface area contributed by atoms with E-state index in [0.29, 0.717) is 6.79 Å². The molecule has 2 aliphatic heterocycles. The summed E-state index contributed by atoms with van der Waals surface area (Å²) in [7, 11) is 3.90. The van der Waals surface area contributed by atoms with E-state index in [9.17, 15) is 0 Å². The zero-order valence-electron chi connectivity index (χ0n) is 13.1. The maximum absolute atomic E-state index is 5.52. The summed E-state index contributed by atoms with van der Waals surface area (Å²) in [6.45, 7) is 3.01. The van der Waals surface area contributed by atoms with E-state index in [0.717, 1.165) is 41.9 Å². The molecular weight excluding hydrogens is 282 g/mol. The van der Waals surface area contributed by atoms with Crippen molar-refractivity contribution >= 4 is 11.9 Å². The third-order valence-electron chi connectivity index (χ3n) is 3.44. The lowest BCUT2D eigenvalue weighted by Crippen LogP contribution is -2.49. The second-order valence-electron chi connectivity index (χ2n) is 5.41. The zero-order chi connectivity index (χ0) is 15.5. The number of ether oxygens (including phenoxy) is 2. The highest BCUT2D eigenvalue weighted by Crippen LogP contribution is 2.35. The molecular formula is C15H21N5O2. The van der Waals surface area contributed by atoms with Gasteiger partial charge in [0.2, 0.25) is 12.8 Å². The number of rotatable bonds is 3. The summed E-state index contributed by atoms with van der Waals surface area (Å²) in [6, 6.07) is 5.96. The second-order valence-corrected chi connectivity index (χ2v) is 5.41. The van der Waals surface area contributed by atoms with Crippen LogP contribution >= 0.6 is 0 Å². The van der Waals surface area contributed by atoms with Gasteiger partial charge in [0, 0.05) is 20.6 Å². The first-order chi connectivity index (χ1) is 10.6. The van der Waals surface area contributed by atoms with Gasteiger partial charge in [0.1, 0.15) is 6.17 Å². The molecule has 2 heterocycles. The summed E-state index contributed by atoms with van der Waals surface area (Å²) < 4.78 is 10.9. The predicted octanol–water partition coefficient (Wildman–Crippen LogP) is 0.770. The molecule has 0 fully saturated rings. The zero-order valence-corrected chi connectivity index (χ0v) is 13.1. The Hall–Kier alpha value is -2.44. The van der Waals surface area contributed by atoms with Gasteiger partial charge >= 0.3 is 0 Å². The van der Waals surface area contributed by atoms with Crippen molar-refractivity contribution in [3.63, 3.8) is 0 Å². The van der Waals surface area contributed by atoms with Crippen LogP contribution in [0.15, 0.2) is 28.2 Å². The van der Waals surface area contributed by atoms with Crippen LogP contribution in [0.3, 0.4) is 0 Å². The second kappa shape index (κ2) is 6.13. The SMILES string of the molecule is CC1N=C(NCCc2cccc3c2OCO3)NC(N(C)C)=N1. The molecule has 7 nitrogen and oxygen atoms in total. The summed E-state index contributed by atoms with van der Waals surface area (Å²) in [6.07, 6.45) is 0.745. The van der Waals surface area contributed by atoms with Crippen molar-refractivity contribution < 1.29 is 9.47 Å². The molecule has 0 saturated heterocycles. The number of guanidine groups is 2. The number of nitrogens with zero attached hydrogens (tertiary/aromatic N) is 3. The van der Waals surface area contributed by atoms with Crippen molar-refractivity contribution in [2.45, 2.75) is 19.5 Å². The first-order valence-corrected chi connectivity index (χ1v) is 7.35. The lowest BCUT2D eigenvalue weighted by molar-refractivity contribution is 0.173. The smallest absolute Gasteiger partial charge is 0.231 e. The van der Waals surface area contributed by atoms with Gasteiger partial charge in [-0.1, -0.05) is 12.1 Å². The maximum Gasteiger partial charge on any atom is 0.231 e. The summed E-state index contributed by atoms with van der Waals surface area (Å²) in [5, 5.41) is 6.49. The lowest BCUT2D eigenvalue weighted by Gasteiger charge is -2.24. The maximum atomic E-state index is 5.52. The van der Waals surface area contributed by atoms with Gasteiger partial charge in [-0.25, -0.2) is 9.98 Å². The molecule has 0 aliphatic carbocycles. The van der Waals surface area contributed by atoms with E-state index in [1.807, 2.05) is 38.1 Å². The number of para-hydroxylation sites is 1. The molecule has 0 spiro atoms. The van der Waals surface area contributed by atoms with E-state index in [1.165, 1.54) is 0 Å². The minimum Gasteiger partial charge on any atom is -0.454 e. The molecule has 22 heavy (non-hydrogen) atoms. The summed E-state index contributed by atoms with van der Waals surface area (Å²) in [5.74, 6) is 3.23. The largest absolute Gasteiger partial charge is 0.454 e. The van der Waals surface area contributed by atoms with Gasteiger partial charge in [-0.05, 0) is 25.0 Å². The minimum absolute atomic E-state index is 0.0844. The van der Waals surface area contributed by atoms with Crippen LogP contribution in [0.2, 0.25) is 0 Å². The molecule has 2 aliphatic rings. The van der Waals surface area contributed by atoms with Crippen molar-refractivity contribution in [3.05, 3.63) is 23.8 Å². The fraction of sp³-hybridized carbons (Fsp3) is 0.467. The van der Waals surface area contributed by atoms with E-state index in [2.05, 4.69) is 26.7 Å². The Bertz CT molecular complexity index is 612. The van der Waals surface area contributed by atoms with Crippen LogP contribution in [-0.4, -0.2) is 50.4 Å². The van der Waals surface area contributed by atoms with Crippen LogP contribution in [0.4, 0.5) is 0 Å². The van der Waals surface area contributed by atoms with Gasteiger partial charge in [0.15, 0.2) is 17.5 Å². The first kappa shape index (κ1) is 14.5. The molecule has 0 saturated carbocycles. The molecule has 3 rings (SSSR count). The first-order valence-electron chi connectivity index (χ1n) is 7.35. The van der Waals surface area contributed by atoms with Crippen LogP contribution < -0.4 is 20.1 Å². The van der Waals surface area contributed by atoms with Gasteiger partial charge in [-0.15, -0.1) is 0 Å². The molecule has 118 valence electrons. The van der Waals surface area contributed by atoms with Crippen molar-refractivity contribution in [1.82, 2.24) is 15.5 Å². The van der Waals surface area contributed by atoms with Crippen LogP contribution in [0.5, 0.6) is 11.5 Å². The number of hydrogen-bond donors (Lipinski definition) is 2. The highest BCUT2D eigenvalue weighted by Gasteiger charge is 2.18. The van der Waals surface area contributed by atoms with Gasteiger partial charge in [-0.2, -0.15) is 0 Å². The van der Waals surface area contributed by atoms with Crippen molar-refractivity contribution in [3.8, 4) is 11.5 Å². The van der Waals surface area contributed by atoms with Crippen molar-refractivity contribution in [2.75, 3.05) is 27.4 Å². The minimum atomic E-state index is -0.0844. The molecule has 1 atom stereocenters. The molecule has 0 aromatic heterocycles. The number of benzene rings is 1. The van der Waals surface area contributed by atoms with E-state index in [1.54, 1.807) is 0 Å². The number of aliphatic imine (C=N–C) groups is 2. The third-order valence-corrected chi connectivity index (χ3v) is 3.44. The van der Waals surface area contributed by atoms with E-state index >= 15 is 0 Å². The summed E-state index contributed by atoms with van der Waals surface area (Å²) in [4.78, 5) is 10.8. The topological polar surface area (TPSA) is 70.5 Å². The van der Waals surface area contributed by atoms with Crippen LogP contribution in [0.1, 0.15) is 12.5 Å². The Morgan fingerprint density at radius 2 is 2.18 bits per heavy atom. The highest BCUT2D eigenvalue weighted by molar-refractivity contribution is 5.99. The predicted molar refractivity (Wildman–Crippen MR) is 85.4 cm³/mol. The third kappa shape index (κ3) is 3.08. The van der Waals surface area contributed by atoms with Gasteiger partial charge < -0.3 is 19.7 Å². The number of fused-ring (bicyclic) bond motifs is 1. The average Bonchev–Trinajstić information content (AvgIpc) is 2.96. The van der Waals surface area contributed by atoms with Crippen LogP contribution in [0.25, 0.3) is 0 Å². The summed E-state index contributed by atoms with van der Waals surface area (Å²) in [5.41, 5.74) is 1.13. The molecule has 7 heteroatoms. The number of hydrogen-bond acceptors (Lipinski definition) is 7. The molecule has 1 unspecified atom stereocenters. The fourth-order valence-corrected chi connectivity index (χ4v) is 2.38. The standard InChI is InChI=1S/C15H21N5O2/c1-10-17-14(19-15(18-10)20(2)3)16-8-7-11-5-4-6-12-13(11)22-9-21-12/h4-6,10H,7-9H2,1-3H3,(H2,16,17,18,19). The Labute approximate surface area is 130 Å². The van der Waals surface area contributed by atoms with Gasteiger partial charge in [-0.3, -0.25) is 5.32 Å². The lowest BCUT2D eigenvalue weighted by atomic mass is 10.1. The highest BCUT2D eigenvalue weighted by atomic mass is 16.7. The van der Waals surface area contributed by atoms with Crippen molar-refractivity contribution in [1.29, 1.82) is 0 Å². The molecule has 0 amide bonds. The Kier molecular flexibility index (Phi) is 4.04. The number of nitrogens with one attached hydrogen (secondary N) is 2. The fourth-order valence-electron chi connectivity index (χ4n) is 2.38. The Balaban J connectivity index is 1.57. The quantitative estimate of drug-likeness (QED) is 0.863. The molecule has 2 N–H and O–H groups in total. The van der Waals surface area contributed by atoms with Crippen LogP contribution in [-0.2, 0) is 6.42 Å².